The Hall–Kier alpha value is -1.59. The van der Waals surface area contributed by atoms with Crippen molar-refractivity contribution in [1.82, 2.24) is 10.2 Å². The SMILES string of the molecule is CC(C)(C(=O)O)C1CCCN(C(=O)C2CNC(=O)C2)C1. The van der Waals surface area contributed by atoms with E-state index in [1.54, 1.807) is 18.7 Å². The van der Waals surface area contributed by atoms with E-state index in [9.17, 15) is 19.5 Å². The van der Waals surface area contributed by atoms with Crippen LogP contribution in [0.3, 0.4) is 0 Å². The number of amides is 2. The second-order valence-electron chi connectivity index (χ2n) is 6.36. The van der Waals surface area contributed by atoms with Crippen LogP contribution in [0.2, 0.25) is 0 Å². The van der Waals surface area contributed by atoms with Gasteiger partial charge in [0.05, 0.1) is 11.3 Å². The standard InChI is InChI=1S/C14H22N2O4/c1-14(2,13(19)20)10-4-3-5-16(8-10)12(18)9-6-11(17)15-7-9/h9-10H,3-8H2,1-2H3,(H,15,17)(H,19,20). The van der Waals surface area contributed by atoms with Crippen molar-refractivity contribution in [2.24, 2.45) is 17.3 Å². The summed E-state index contributed by atoms with van der Waals surface area (Å²) in [6.45, 7) is 4.98. The number of carboxylic acid groups (broad SMARTS) is 1. The van der Waals surface area contributed by atoms with Gasteiger partial charge in [-0.15, -0.1) is 0 Å². The quantitative estimate of drug-likeness (QED) is 0.788. The van der Waals surface area contributed by atoms with Crippen LogP contribution in [-0.4, -0.2) is 47.4 Å². The predicted molar refractivity (Wildman–Crippen MR) is 71.8 cm³/mol. The molecule has 0 aromatic rings. The summed E-state index contributed by atoms with van der Waals surface area (Å²) in [6, 6.07) is 0. The van der Waals surface area contributed by atoms with Crippen molar-refractivity contribution in [1.29, 1.82) is 0 Å². The molecule has 2 rings (SSSR count). The van der Waals surface area contributed by atoms with E-state index in [-0.39, 0.29) is 30.1 Å². The maximum absolute atomic E-state index is 12.4. The maximum Gasteiger partial charge on any atom is 0.309 e. The lowest BCUT2D eigenvalue weighted by Crippen LogP contribution is -2.48. The zero-order valence-corrected chi connectivity index (χ0v) is 12.0. The molecule has 2 N–H and O–H groups in total. The molecule has 0 aromatic carbocycles. The van der Waals surface area contributed by atoms with Gasteiger partial charge in [0, 0.05) is 26.1 Å². The van der Waals surface area contributed by atoms with Gasteiger partial charge in [0.1, 0.15) is 0 Å². The van der Waals surface area contributed by atoms with Gasteiger partial charge in [-0.25, -0.2) is 0 Å². The molecule has 2 amide bonds. The zero-order chi connectivity index (χ0) is 14.9. The molecular weight excluding hydrogens is 260 g/mol. The summed E-state index contributed by atoms with van der Waals surface area (Å²) >= 11 is 0. The highest BCUT2D eigenvalue weighted by molar-refractivity contribution is 5.89. The molecule has 112 valence electrons. The lowest BCUT2D eigenvalue weighted by molar-refractivity contribution is -0.153. The van der Waals surface area contributed by atoms with Gasteiger partial charge in [-0.1, -0.05) is 0 Å². The monoisotopic (exact) mass is 282 g/mol. The molecule has 2 heterocycles. The molecule has 0 aliphatic carbocycles. The molecule has 2 aliphatic rings. The number of hydrogen-bond donors (Lipinski definition) is 2. The molecule has 0 radical (unpaired) electrons. The van der Waals surface area contributed by atoms with Gasteiger partial charge in [0.2, 0.25) is 11.8 Å². The number of carbonyl (C=O) groups excluding carboxylic acids is 2. The third-order valence-electron chi connectivity index (χ3n) is 4.63. The molecule has 6 heteroatoms. The number of hydrogen-bond acceptors (Lipinski definition) is 3. The summed E-state index contributed by atoms with van der Waals surface area (Å²) in [7, 11) is 0. The van der Waals surface area contributed by atoms with Crippen LogP contribution in [0, 0.1) is 17.3 Å². The van der Waals surface area contributed by atoms with E-state index in [1.165, 1.54) is 0 Å². The number of likely N-dealkylation sites (tertiary alicyclic amines) is 1. The van der Waals surface area contributed by atoms with Crippen LogP contribution < -0.4 is 5.32 Å². The minimum atomic E-state index is -0.831. The molecule has 0 bridgehead atoms. The molecule has 2 fully saturated rings. The smallest absolute Gasteiger partial charge is 0.309 e. The Morgan fingerprint density at radius 3 is 2.65 bits per heavy atom. The second-order valence-corrected chi connectivity index (χ2v) is 6.36. The number of carbonyl (C=O) groups is 3. The second kappa shape index (κ2) is 5.42. The van der Waals surface area contributed by atoms with Crippen LogP contribution in [0.1, 0.15) is 33.1 Å². The number of piperidine rings is 1. The van der Waals surface area contributed by atoms with Gasteiger partial charge in [-0.3, -0.25) is 14.4 Å². The highest BCUT2D eigenvalue weighted by Crippen LogP contribution is 2.34. The summed E-state index contributed by atoms with van der Waals surface area (Å²) in [6.07, 6.45) is 1.90. The van der Waals surface area contributed by atoms with Crippen molar-refractivity contribution >= 4 is 17.8 Å². The number of nitrogens with zero attached hydrogens (tertiary/aromatic N) is 1. The fourth-order valence-electron chi connectivity index (χ4n) is 2.98. The third-order valence-corrected chi connectivity index (χ3v) is 4.63. The first-order valence-electron chi connectivity index (χ1n) is 7.11. The molecule has 2 aliphatic heterocycles. The summed E-state index contributed by atoms with van der Waals surface area (Å²) in [4.78, 5) is 36.6. The van der Waals surface area contributed by atoms with Crippen LogP contribution in [0.4, 0.5) is 0 Å². The van der Waals surface area contributed by atoms with E-state index in [2.05, 4.69) is 5.32 Å². The predicted octanol–water partition coefficient (Wildman–Crippen LogP) is 0.472. The van der Waals surface area contributed by atoms with Gasteiger partial charge >= 0.3 is 5.97 Å². The Bertz CT molecular complexity index is 433. The van der Waals surface area contributed by atoms with Gasteiger partial charge in [-0.2, -0.15) is 0 Å². The molecule has 0 aromatic heterocycles. The van der Waals surface area contributed by atoms with Crippen molar-refractivity contribution in [2.45, 2.75) is 33.1 Å². The van der Waals surface area contributed by atoms with Crippen LogP contribution in [0.15, 0.2) is 0 Å². The van der Waals surface area contributed by atoms with Gasteiger partial charge < -0.3 is 15.3 Å². The Kier molecular flexibility index (Phi) is 4.01. The van der Waals surface area contributed by atoms with Crippen molar-refractivity contribution in [3.8, 4) is 0 Å². The van der Waals surface area contributed by atoms with Crippen LogP contribution in [-0.2, 0) is 14.4 Å². The molecule has 6 nitrogen and oxygen atoms in total. The van der Waals surface area contributed by atoms with E-state index in [1.807, 2.05) is 0 Å². The fourth-order valence-corrected chi connectivity index (χ4v) is 2.98. The Balaban J connectivity index is 2.02. The van der Waals surface area contributed by atoms with Crippen molar-refractivity contribution < 1.29 is 19.5 Å². The Morgan fingerprint density at radius 2 is 2.10 bits per heavy atom. The molecule has 0 saturated carbocycles. The maximum atomic E-state index is 12.4. The summed E-state index contributed by atoms with van der Waals surface area (Å²) in [5.41, 5.74) is -0.831. The van der Waals surface area contributed by atoms with Crippen molar-refractivity contribution in [3.63, 3.8) is 0 Å². The molecule has 0 spiro atoms. The topological polar surface area (TPSA) is 86.7 Å². The highest BCUT2D eigenvalue weighted by Gasteiger charge is 2.41. The minimum Gasteiger partial charge on any atom is -0.481 e. The lowest BCUT2D eigenvalue weighted by Gasteiger charge is -2.40. The number of carboxylic acids is 1. The number of nitrogens with one attached hydrogen (secondary N) is 1. The van der Waals surface area contributed by atoms with E-state index >= 15 is 0 Å². The van der Waals surface area contributed by atoms with E-state index in [4.69, 9.17) is 0 Å². The first-order valence-corrected chi connectivity index (χ1v) is 7.11. The summed E-state index contributed by atoms with van der Waals surface area (Å²) in [5, 5.41) is 12.0. The lowest BCUT2D eigenvalue weighted by atomic mass is 9.74. The largest absolute Gasteiger partial charge is 0.481 e. The summed E-state index contributed by atoms with van der Waals surface area (Å²) in [5.74, 6) is -1.25. The third kappa shape index (κ3) is 2.78. The van der Waals surface area contributed by atoms with Crippen LogP contribution in [0.5, 0.6) is 0 Å². The molecule has 2 atom stereocenters. The fraction of sp³-hybridized carbons (Fsp3) is 0.786. The first-order chi connectivity index (χ1) is 9.32. The normalized spacial score (nSPS) is 27.3. The van der Waals surface area contributed by atoms with Crippen molar-refractivity contribution in [3.05, 3.63) is 0 Å². The Morgan fingerprint density at radius 1 is 1.40 bits per heavy atom. The van der Waals surface area contributed by atoms with Gasteiger partial charge in [0.15, 0.2) is 0 Å². The number of aliphatic carboxylic acids is 1. The van der Waals surface area contributed by atoms with Crippen molar-refractivity contribution in [2.75, 3.05) is 19.6 Å². The van der Waals surface area contributed by atoms with Crippen LogP contribution in [0.25, 0.3) is 0 Å². The highest BCUT2D eigenvalue weighted by atomic mass is 16.4. The van der Waals surface area contributed by atoms with Gasteiger partial charge in [-0.05, 0) is 32.6 Å². The van der Waals surface area contributed by atoms with E-state index in [0.717, 1.165) is 12.8 Å². The van der Waals surface area contributed by atoms with E-state index < -0.39 is 11.4 Å². The Labute approximate surface area is 118 Å². The average Bonchev–Trinajstić information content (AvgIpc) is 2.84. The molecule has 2 unspecified atom stereocenters. The summed E-state index contributed by atoms with van der Waals surface area (Å²) < 4.78 is 0. The first kappa shape index (κ1) is 14.8. The molecule has 2 saturated heterocycles. The molecule has 20 heavy (non-hydrogen) atoms. The molecular formula is C14H22N2O4. The number of rotatable bonds is 3. The van der Waals surface area contributed by atoms with Gasteiger partial charge in [0.25, 0.3) is 0 Å². The minimum absolute atomic E-state index is 0.0192. The van der Waals surface area contributed by atoms with Crippen LogP contribution >= 0.6 is 0 Å². The van der Waals surface area contributed by atoms with E-state index in [0.29, 0.717) is 19.6 Å². The zero-order valence-electron chi connectivity index (χ0n) is 12.0. The average molecular weight is 282 g/mol.